The minimum Gasteiger partial charge on any atom is -0.392 e. The Labute approximate surface area is 103 Å². The summed E-state index contributed by atoms with van der Waals surface area (Å²) in [6, 6.07) is 0. The van der Waals surface area contributed by atoms with Crippen LogP contribution in [0.4, 0.5) is 0 Å². The maximum Gasteiger partial charge on any atom is 0.223 e. The molecular weight excluding hydrogens is 218 g/mol. The molecule has 0 aliphatic carbocycles. The van der Waals surface area contributed by atoms with Crippen LogP contribution in [0.25, 0.3) is 0 Å². The number of primary amides is 1. The van der Waals surface area contributed by atoms with E-state index in [2.05, 4.69) is 11.9 Å². The second-order valence-electron chi connectivity index (χ2n) is 3.96. The van der Waals surface area contributed by atoms with Crippen LogP contribution in [-0.2, 0) is 4.79 Å². The first-order valence-electron chi connectivity index (χ1n) is 5.73. The Morgan fingerprint density at radius 2 is 2.06 bits per heavy atom. The van der Waals surface area contributed by atoms with Gasteiger partial charge in [-0.3, -0.25) is 9.79 Å². The molecule has 0 saturated carbocycles. The lowest BCUT2D eigenvalue weighted by Crippen LogP contribution is -2.27. The van der Waals surface area contributed by atoms with Gasteiger partial charge in [-0.15, -0.1) is 0 Å². The summed E-state index contributed by atoms with van der Waals surface area (Å²) in [7, 11) is 3.55. The molecule has 5 nitrogen and oxygen atoms in total. The van der Waals surface area contributed by atoms with Crippen molar-refractivity contribution in [3.63, 3.8) is 0 Å². The van der Waals surface area contributed by atoms with E-state index < -0.39 is 5.91 Å². The summed E-state index contributed by atoms with van der Waals surface area (Å²) in [4.78, 5) is 17.1. The molecule has 17 heavy (non-hydrogen) atoms. The van der Waals surface area contributed by atoms with Crippen molar-refractivity contribution in [2.24, 2.45) is 10.7 Å². The Balaban J connectivity index is 5.36. The fourth-order valence-corrected chi connectivity index (χ4v) is 1.66. The number of hydrogen-bond acceptors (Lipinski definition) is 4. The number of carbonyl (C=O) groups is 1. The van der Waals surface area contributed by atoms with Crippen molar-refractivity contribution in [3.05, 3.63) is 11.3 Å². The molecule has 0 fully saturated rings. The zero-order valence-electron chi connectivity index (χ0n) is 11.2. The van der Waals surface area contributed by atoms with Gasteiger partial charge in [-0.05, 0) is 13.3 Å². The van der Waals surface area contributed by atoms with E-state index in [4.69, 9.17) is 5.73 Å². The molecule has 0 aliphatic rings. The third-order valence-corrected chi connectivity index (χ3v) is 2.64. The third-order valence-electron chi connectivity index (χ3n) is 2.64. The fourth-order valence-electron chi connectivity index (χ4n) is 1.66. The molecule has 5 heteroatoms. The lowest BCUT2D eigenvalue weighted by molar-refractivity contribution is -0.117. The van der Waals surface area contributed by atoms with Gasteiger partial charge >= 0.3 is 0 Å². The van der Waals surface area contributed by atoms with E-state index in [9.17, 15) is 9.90 Å². The molecule has 0 saturated heterocycles. The molecule has 0 radical (unpaired) electrons. The molecule has 0 aromatic heterocycles. The van der Waals surface area contributed by atoms with Crippen molar-refractivity contribution in [1.29, 1.82) is 0 Å². The van der Waals surface area contributed by atoms with E-state index in [0.29, 0.717) is 5.57 Å². The van der Waals surface area contributed by atoms with Crippen LogP contribution in [-0.4, -0.2) is 48.9 Å². The summed E-state index contributed by atoms with van der Waals surface area (Å²) in [6.45, 7) is 4.53. The first-order chi connectivity index (χ1) is 7.97. The normalized spacial score (nSPS) is 13.4. The minimum absolute atomic E-state index is 0.124. The van der Waals surface area contributed by atoms with Gasteiger partial charge < -0.3 is 15.7 Å². The molecule has 1 amide bonds. The standard InChI is InChI=1S/C12H23N3O2/c1-5-6-15(4)11(7-12(13)17)10(8-16)9(2)14-3/h16H,5-8H2,1-4H3,(H2,13,17)/b11-10+,14-9?. The Kier molecular flexibility index (Phi) is 7.21. The summed E-state index contributed by atoms with van der Waals surface area (Å²) in [5.74, 6) is -0.405. The highest BCUT2D eigenvalue weighted by molar-refractivity contribution is 5.99. The number of rotatable bonds is 7. The zero-order valence-corrected chi connectivity index (χ0v) is 11.2. The van der Waals surface area contributed by atoms with Gasteiger partial charge in [0.15, 0.2) is 0 Å². The largest absolute Gasteiger partial charge is 0.392 e. The average Bonchev–Trinajstić information content (AvgIpc) is 2.28. The van der Waals surface area contributed by atoms with E-state index in [0.717, 1.165) is 24.4 Å². The Hall–Kier alpha value is -1.36. The van der Waals surface area contributed by atoms with E-state index in [1.807, 2.05) is 18.9 Å². The zero-order chi connectivity index (χ0) is 13.4. The van der Waals surface area contributed by atoms with Gasteiger partial charge in [-0.1, -0.05) is 6.92 Å². The van der Waals surface area contributed by atoms with Crippen LogP contribution in [0.5, 0.6) is 0 Å². The van der Waals surface area contributed by atoms with Crippen molar-refractivity contribution >= 4 is 11.6 Å². The highest BCUT2D eigenvalue weighted by Gasteiger charge is 2.15. The molecule has 0 aromatic carbocycles. The average molecular weight is 241 g/mol. The lowest BCUT2D eigenvalue weighted by atomic mass is 10.1. The Morgan fingerprint density at radius 1 is 1.47 bits per heavy atom. The summed E-state index contributed by atoms with van der Waals surface area (Å²) in [5.41, 5.74) is 7.41. The number of aliphatic hydroxyl groups is 1. The minimum atomic E-state index is -0.405. The second-order valence-corrected chi connectivity index (χ2v) is 3.96. The van der Waals surface area contributed by atoms with E-state index in [1.165, 1.54) is 0 Å². The van der Waals surface area contributed by atoms with Gasteiger partial charge in [-0.2, -0.15) is 0 Å². The van der Waals surface area contributed by atoms with Crippen molar-refractivity contribution in [2.75, 3.05) is 27.2 Å². The molecule has 0 bridgehead atoms. The van der Waals surface area contributed by atoms with Crippen LogP contribution in [0.3, 0.4) is 0 Å². The van der Waals surface area contributed by atoms with Gasteiger partial charge in [0.25, 0.3) is 0 Å². The summed E-state index contributed by atoms with van der Waals surface area (Å²) in [6.07, 6.45) is 1.08. The maximum absolute atomic E-state index is 11.1. The van der Waals surface area contributed by atoms with E-state index >= 15 is 0 Å². The topological polar surface area (TPSA) is 78.9 Å². The number of nitrogens with zero attached hydrogens (tertiary/aromatic N) is 2. The molecular formula is C12H23N3O2. The number of amides is 1. The summed E-state index contributed by atoms with van der Waals surface area (Å²) in [5, 5.41) is 9.41. The highest BCUT2D eigenvalue weighted by Crippen LogP contribution is 2.15. The Bertz CT molecular complexity index is 322. The molecule has 3 N–H and O–H groups in total. The van der Waals surface area contributed by atoms with E-state index in [1.54, 1.807) is 7.05 Å². The highest BCUT2D eigenvalue weighted by atomic mass is 16.3. The van der Waals surface area contributed by atoms with Crippen molar-refractivity contribution in [3.8, 4) is 0 Å². The molecule has 0 atom stereocenters. The van der Waals surface area contributed by atoms with Crippen molar-refractivity contribution in [1.82, 2.24) is 4.90 Å². The number of carbonyl (C=O) groups excluding carboxylic acids is 1. The maximum atomic E-state index is 11.1. The van der Waals surface area contributed by atoms with Crippen molar-refractivity contribution < 1.29 is 9.90 Å². The monoisotopic (exact) mass is 241 g/mol. The van der Waals surface area contributed by atoms with Gasteiger partial charge in [0.2, 0.25) is 5.91 Å². The molecule has 0 heterocycles. The number of hydrogen-bond donors (Lipinski definition) is 2. The van der Waals surface area contributed by atoms with Crippen LogP contribution in [0.1, 0.15) is 26.7 Å². The van der Waals surface area contributed by atoms with Gasteiger partial charge in [-0.25, -0.2) is 0 Å². The van der Waals surface area contributed by atoms with Gasteiger partial charge in [0.05, 0.1) is 13.0 Å². The molecule has 0 spiro atoms. The van der Waals surface area contributed by atoms with Crippen molar-refractivity contribution in [2.45, 2.75) is 26.7 Å². The van der Waals surface area contributed by atoms with Crippen LogP contribution in [0, 0.1) is 0 Å². The van der Waals surface area contributed by atoms with E-state index in [-0.39, 0.29) is 13.0 Å². The quantitative estimate of drug-likeness (QED) is 0.638. The van der Waals surface area contributed by atoms with Crippen LogP contribution < -0.4 is 5.73 Å². The van der Waals surface area contributed by atoms with Gasteiger partial charge in [0.1, 0.15) is 0 Å². The predicted molar refractivity (Wildman–Crippen MR) is 69.9 cm³/mol. The fraction of sp³-hybridized carbons (Fsp3) is 0.667. The number of aliphatic hydroxyl groups excluding tert-OH is 1. The first-order valence-corrected chi connectivity index (χ1v) is 5.73. The molecule has 0 unspecified atom stereocenters. The van der Waals surface area contributed by atoms with Crippen LogP contribution in [0.15, 0.2) is 16.3 Å². The van der Waals surface area contributed by atoms with Gasteiger partial charge in [0, 0.05) is 37.6 Å². The first kappa shape index (κ1) is 15.6. The van der Waals surface area contributed by atoms with Crippen LogP contribution >= 0.6 is 0 Å². The molecule has 0 aromatic rings. The second kappa shape index (κ2) is 7.84. The third kappa shape index (κ3) is 4.99. The molecule has 0 rings (SSSR count). The number of nitrogens with two attached hydrogens (primary N) is 1. The summed E-state index contributed by atoms with van der Waals surface area (Å²) >= 11 is 0. The number of aliphatic imine (C=N–C) groups is 1. The lowest BCUT2D eigenvalue weighted by Gasteiger charge is -2.24. The molecule has 0 aliphatic heterocycles. The molecule has 98 valence electrons. The Morgan fingerprint density at radius 3 is 2.41 bits per heavy atom. The SMILES string of the molecule is CCCN(C)/C(CC(N)=O)=C(\CO)C(C)=NC. The predicted octanol–water partition coefficient (Wildman–Crippen LogP) is 0.541. The summed E-state index contributed by atoms with van der Waals surface area (Å²) < 4.78 is 0. The van der Waals surface area contributed by atoms with Crippen LogP contribution in [0.2, 0.25) is 0 Å². The smallest absolute Gasteiger partial charge is 0.223 e.